The summed E-state index contributed by atoms with van der Waals surface area (Å²) in [6.07, 6.45) is 0. The predicted molar refractivity (Wildman–Crippen MR) is 88.1 cm³/mol. The summed E-state index contributed by atoms with van der Waals surface area (Å²) in [6, 6.07) is 5.68. The molecule has 21 heavy (non-hydrogen) atoms. The third-order valence-electron chi connectivity index (χ3n) is 2.92. The number of halogens is 4. The maximum Gasteiger partial charge on any atom is 0.275 e. The second-order valence-corrected chi connectivity index (χ2v) is 5.91. The maximum absolute atomic E-state index is 12.3. The van der Waals surface area contributed by atoms with Crippen LogP contribution in [-0.2, 0) is 0 Å². The summed E-state index contributed by atoms with van der Waals surface area (Å²) < 4.78 is 0. The topological polar surface area (TPSA) is 42.0 Å². The maximum atomic E-state index is 12.3. The van der Waals surface area contributed by atoms with Crippen LogP contribution in [0.4, 0.5) is 5.69 Å². The molecule has 1 heterocycles. The molecule has 0 aliphatic heterocycles. The lowest BCUT2D eigenvalue weighted by Crippen LogP contribution is -2.16. The van der Waals surface area contributed by atoms with E-state index in [0.29, 0.717) is 5.69 Å². The lowest BCUT2D eigenvalue weighted by atomic mass is 10.1. The standard InChI is InChI=1S/C14H10Cl4N2O/c1-6-4-3-5-7(2)11(6)20-14(21)12-9(16)8(15)10(17)13(18)19-12/h3-5H,1-2H3,(H,20,21). The van der Waals surface area contributed by atoms with E-state index in [-0.39, 0.29) is 25.9 Å². The van der Waals surface area contributed by atoms with E-state index in [1.54, 1.807) is 0 Å². The summed E-state index contributed by atoms with van der Waals surface area (Å²) in [5.41, 5.74) is 2.47. The fourth-order valence-corrected chi connectivity index (χ4v) is 2.64. The average Bonchev–Trinajstić information content (AvgIpc) is 2.44. The number of carbonyl (C=O) groups excluding carboxylic acids is 1. The quantitative estimate of drug-likeness (QED) is 0.709. The van der Waals surface area contributed by atoms with Crippen molar-refractivity contribution < 1.29 is 4.79 Å². The molecule has 2 aromatic rings. The molecule has 0 atom stereocenters. The molecule has 110 valence electrons. The van der Waals surface area contributed by atoms with Crippen molar-refractivity contribution >= 4 is 58.0 Å². The SMILES string of the molecule is Cc1cccc(C)c1NC(=O)c1nc(Cl)c(Cl)c(Cl)c1Cl. The van der Waals surface area contributed by atoms with Crippen LogP contribution < -0.4 is 5.32 Å². The molecule has 1 aromatic heterocycles. The first kappa shape index (κ1) is 16.4. The number of hydrogen-bond acceptors (Lipinski definition) is 2. The van der Waals surface area contributed by atoms with Gasteiger partial charge in [-0.25, -0.2) is 4.98 Å². The molecule has 3 nitrogen and oxygen atoms in total. The monoisotopic (exact) mass is 362 g/mol. The Labute approximate surface area is 142 Å². The van der Waals surface area contributed by atoms with Crippen LogP contribution in [0.5, 0.6) is 0 Å². The highest BCUT2D eigenvalue weighted by molar-refractivity contribution is 6.52. The number of rotatable bonds is 2. The van der Waals surface area contributed by atoms with Crippen LogP contribution in [0.1, 0.15) is 21.6 Å². The third kappa shape index (κ3) is 3.27. The van der Waals surface area contributed by atoms with E-state index in [1.165, 1.54) is 0 Å². The van der Waals surface area contributed by atoms with Crippen LogP contribution in [0, 0.1) is 13.8 Å². The van der Waals surface area contributed by atoms with Crippen LogP contribution in [-0.4, -0.2) is 10.9 Å². The summed E-state index contributed by atoms with van der Waals surface area (Å²) in [5, 5.41) is 2.68. The van der Waals surface area contributed by atoms with Crippen LogP contribution in [0.25, 0.3) is 0 Å². The minimum absolute atomic E-state index is 0.00462. The number of aromatic nitrogens is 1. The Balaban J connectivity index is 2.42. The Hall–Kier alpha value is -1.000. The number of carbonyl (C=O) groups is 1. The van der Waals surface area contributed by atoms with Gasteiger partial charge >= 0.3 is 0 Å². The molecule has 0 bridgehead atoms. The first-order chi connectivity index (χ1) is 9.82. The van der Waals surface area contributed by atoms with Crippen molar-refractivity contribution in [2.75, 3.05) is 5.32 Å². The number of para-hydroxylation sites is 1. The molecule has 0 aliphatic rings. The number of nitrogens with one attached hydrogen (secondary N) is 1. The Bertz CT molecular complexity index is 711. The molecule has 0 unspecified atom stereocenters. The zero-order valence-corrected chi connectivity index (χ0v) is 14.1. The van der Waals surface area contributed by atoms with Crippen LogP contribution in [0.15, 0.2) is 18.2 Å². The normalized spacial score (nSPS) is 10.6. The molecule has 1 N–H and O–H groups in total. The lowest BCUT2D eigenvalue weighted by molar-refractivity contribution is 0.102. The minimum atomic E-state index is -0.502. The van der Waals surface area contributed by atoms with Gasteiger partial charge in [-0.1, -0.05) is 64.6 Å². The van der Waals surface area contributed by atoms with Gasteiger partial charge in [-0.05, 0) is 25.0 Å². The summed E-state index contributed by atoms with van der Waals surface area (Å²) in [4.78, 5) is 16.2. The van der Waals surface area contributed by atoms with Crippen molar-refractivity contribution in [3.8, 4) is 0 Å². The molecule has 1 aromatic carbocycles. The van der Waals surface area contributed by atoms with Gasteiger partial charge < -0.3 is 5.32 Å². The molecule has 0 aliphatic carbocycles. The van der Waals surface area contributed by atoms with Gasteiger partial charge in [0.15, 0.2) is 0 Å². The van der Waals surface area contributed by atoms with E-state index < -0.39 is 5.91 Å². The first-order valence-corrected chi connectivity index (χ1v) is 7.41. The van der Waals surface area contributed by atoms with Crippen molar-refractivity contribution in [1.82, 2.24) is 4.98 Å². The molecular weight excluding hydrogens is 354 g/mol. The number of benzene rings is 1. The van der Waals surface area contributed by atoms with E-state index in [0.717, 1.165) is 11.1 Å². The van der Waals surface area contributed by atoms with E-state index in [4.69, 9.17) is 46.4 Å². The average molecular weight is 364 g/mol. The van der Waals surface area contributed by atoms with Crippen molar-refractivity contribution in [3.05, 3.63) is 55.2 Å². The Morgan fingerprint density at radius 1 is 1.00 bits per heavy atom. The van der Waals surface area contributed by atoms with Gasteiger partial charge in [0.1, 0.15) is 10.8 Å². The van der Waals surface area contributed by atoms with Gasteiger partial charge in [0.25, 0.3) is 5.91 Å². The molecule has 0 radical (unpaired) electrons. The van der Waals surface area contributed by atoms with E-state index in [1.807, 2.05) is 32.0 Å². The van der Waals surface area contributed by atoms with Crippen molar-refractivity contribution in [1.29, 1.82) is 0 Å². The largest absolute Gasteiger partial charge is 0.320 e. The number of pyridine rings is 1. The third-order valence-corrected chi connectivity index (χ3v) is 4.60. The second kappa shape index (κ2) is 6.41. The minimum Gasteiger partial charge on any atom is -0.320 e. The second-order valence-electron chi connectivity index (χ2n) is 4.41. The van der Waals surface area contributed by atoms with Crippen LogP contribution in [0.3, 0.4) is 0 Å². The molecular formula is C14H10Cl4N2O. The molecule has 2 rings (SSSR count). The first-order valence-electron chi connectivity index (χ1n) is 5.90. The zero-order chi connectivity index (χ0) is 15.7. The van der Waals surface area contributed by atoms with Crippen molar-refractivity contribution in [2.24, 2.45) is 0 Å². The number of hydrogen-bond donors (Lipinski definition) is 1. The highest BCUT2D eigenvalue weighted by Gasteiger charge is 2.21. The summed E-state index contributed by atoms with van der Waals surface area (Å²) in [6.45, 7) is 3.78. The highest BCUT2D eigenvalue weighted by Crippen LogP contribution is 2.36. The molecule has 0 saturated carbocycles. The molecule has 1 amide bonds. The summed E-state index contributed by atoms with van der Waals surface area (Å²) in [7, 11) is 0. The zero-order valence-electron chi connectivity index (χ0n) is 11.1. The Kier molecular flexibility index (Phi) is 4.99. The molecule has 0 saturated heterocycles. The fraction of sp³-hybridized carbons (Fsp3) is 0.143. The molecule has 0 fully saturated rings. The predicted octanol–water partition coefficient (Wildman–Crippen LogP) is 5.56. The Morgan fingerprint density at radius 3 is 2.14 bits per heavy atom. The van der Waals surface area contributed by atoms with Gasteiger partial charge in [-0.3, -0.25) is 4.79 Å². The van der Waals surface area contributed by atoms with Crippen molar-refractivity contribution in [3.63, 3.8) is 0 Å². The Morgan fingerprint density at radius 2 is 1.57 bits per heavy atom. The van der Waals surface area contributed by atoms with Crippen molar-refractivity contribution in [2.45, 2.75) is 13.8 Å². The summed E-state index contributed by atoms with van der Waals surface area (Å²) >= 11 is 23.6. The molecule has 7 heteroatoms. The van der Waals surface area contributed by atoms with Gasteiger partial charge in [0.05, 0.1) is 15.1 Å². The lowest BCUT2D eigenvalue weighted by Gasteiger charge is -2.12. The fourth-order valence-electron chi connectivity index (χ4n) is 1.82. The van der Waals surface area contributed by atoms with E-state index >= 15 is 0 Å². The number of aryl methyl sites for hydroxylation is 2. The highest BCUT2D eigenvalue weighted by atomic mass is 35.5. The smallest absolute Gasteiger partial charge is 0.275 e. The molecule has 0 spiro atoms. The van der Waals surface area contributed by atoms with Crippen LogP contribution in [0.2, 0.25) is 20.2 Å². The summed E-state index contributed by atoms with van der Waals surface area (Å²) in [5.74, 6) is -0.502. The van der Waals surface area contributed by atoms with Gasteiger partial charge in [-0.2, -0.15) is 0 Å². The van der Waals surface area contributed by atoms with Crippen LogP contribution >= 0.6 is 46.4 Å². The number of anilines is 1. The van der Waals surface area contributed by atoms with Gasteiger partial charge in [0, 0.05) is 5.69 Å². The van der Waals surface area contributed by atoms with E-state index in [2.05, 4.69) is 10.3 Å². The number of amides is 1. The van der Waals surface area contributed by atoms with Gasteiger partial charge in [0.2, 0.25) is 0 Å². The van der Waals surface area contributed by atoms with Gasteiger partial charge in [-0.15, -0.1) is 0 Å². The number of nitrogens with zero attached hydrogens (tertiary/aromatic N) is 1. The van der Waals surface area contributed by atoms with E-state index in [9.17, 15) is 4.79 Å².